The lowest BCUT2D eigenvalue weighted by Crippen LogP contribution is -2.41. The van der Waals surface area contributed by atoms with Crippen LogP contribution in [-0.4, -0.2) is 38.2 Å². The van der Waals surface area contributed by atoms with E-state index in [2.05, 4.69) is 15.2 Å². The van der Waals surface area contributed by atoms with Crippen LogP contribution in [-0.2, 0) is 4.79 Å². The van der Waals surface area contributed by atoms with Crippen LogP contribution in [0.4, 0.5) is 6.01 Å². The number of fused-ring (bicyclic) bond motifs is 1. The number of nitrogens with one attached hydrogen (secondary N) is 1. The summed E-state index contributed by atoms with van der Waals surface area (Å²) in [5.74, 6) is 1.49. The van der Waals surface area contributed by atoms with Crippen molar-refractivity contribution in [1.29, 1.82) is 0 Å². The highest BCUT2D eigenvalue weighted by Crippen LogP contribution is 2.30. The molecule has 2 heterocycles. The number of piperidine rings is 1. The van der Waals surface area contributed by atoms with Gasteiger partial charge in [0.15, 0.2) is 5.58 Å². The topological polar surface area (TPSA) is 76.8 Å². The molecule has 1 atom stereocenters. The molecular formula is C23H27N3O4. The molecule has 1 N–H and O–H groups in total. The summed E-state index contributed by atoms with van der Waals surface area (Å²) in [6, 6.07) is 13.8. The van der Waals surface area contributed by atoms with Crippen molar-refractivity contribution in [2.75, 3.05) is 32.2 Å². The summed E-state index contributed by atoms with van der Waals surface area (Å²) in [5.41, 5.74) is 2.54. The number of rotatable bonds is 6. The number of anilines is 1. The van der Waals surface area contributed by atoms with E-state index in [1.165, 1.54) is 0 Å². The van der Waals surface area contributed by atoms with Crippen LogP contribution < -0.4 is 19.7 Å². The number of amides is 1. The maximum Gasteiger partial charge on any atom is 0.298 e. The molecule has 1 saturated heterocycles. The van der Waals surface area contributed by atoms with Gasteiger partial charge in [-0.1, -0.05) is 12.1 Å². The summed E-state index contributed by atoms with van der Waals surface area (Å²) in [7, 11) is 3.25. The molecule has 7 heteroatoms. The Bertz CT molecular complexity index is 991. The van der Waals surface area contributed by atoms with Crippen molar-refractivity contribution >= 4 is 23.0 Å². The molecule has 158 valence electrons. The molecule has 1 aromatic heterocycles. The largest absolute Gasteiger partial charge is 0.497 e. The quantitative estimate of drug-likeness (QED) is 0.665. The first kappa shape index (κ1) is 20.1. The van der Waals surface area contributed by atoms with E-state index < -0.39 is 0 Å². The smallest absolute Gasteiger partial charge is 0.298 e. The minimum Gasteiger partial charge on any atom is -0.497 e. The maximum atomic E-state index is 12.9. The Balaban J connectivity index is 1.37. The van der Waals surface area contributed by atoms with E-state index in [0.717, 1.165) is 54.1 Å². The fraction of sp³-hybridized carbons (Fsp3) is 0.391. The lowest BCUT2D eigenvalue weighted by molar-refractivity contribution is -0.126. The summed E-state index contributed by atoms with van der Waals surface area (Å²) >= 11 is 0. The Morgan fingerprint density at radius 3 is 2.63 bits per heavy atom. The third-order valence-electron chi connectivity index (χ3n) is 5.68. The molecule has 0 spiro atoms. The number of benzene rings is 2. The first-order valence-electron chi connectivity index (χ1n) is 10.2. The summed E-state index contributed by atoms with van der Waals surface area (Å²) in [6.07, 6.45) is 1.51. The molecule has 2 aromatic carbocycles. The summed E-state index contributed by atoms with van der Waals surface area (Å²) in [4.78, 5) is 19.6. The molecule has 30 heavy (non-hydrogen) atoms. The summed E-state index contributed by atoms with van der Waals surface area (Å²) in [6.45, 7) is 3.44. The predicted octanol–water partition coefficient (Wildman–Crippen LogP) is 3.94. The van der Waals surface area contributed by atoms with Crippen LogP contribution >= 0.6 is 0 Å². The minimum absolute atomic E-state index is 0.0373. The second-order valence-electron chi connectivity index (χ2n) is 7.56. The minimum atomic E-state index is -0.183. The standard InChI is InChI=1S/C23H27N3O4/c1-15(18-14-17(28-2)8-9-20(18)29-3)24-22(27)16-10-12-26(13-11-16)23-25-19-6-4-5-7-21(19)30-23/h4-9,14-16H,10-13H2,1-3H3,(H,24,27). The van der Waals surface area contributed by atoms with Crippen LogP contribution in [0, 0.1) is 5.92 Å². The Morgan fingerprint density at radius 2 is 1.93 bits per heavy atom. The van der Waals surface area contributed by atoms with Crippen LogP contribution in [0.3, 0.4) is 0 Å². The molecule has 1 amide bonds. The number of ether oxygens (including phenoxy) is 2. The molecule has 1 aliphatic heterocycles. The van der Waals surface area contributed by atoms with Gasteiger partial charge in [0.1, 0.15) is 17.0 Å². The van der Waals surface area contributed by atoms with Gasteiger partial charge in [0.05, 0.1) is 20.3 Å². The Hall–Kier alpha value is -3.22. The van der Waals surface area contributed by atoms with Crippen LogP contribution in [0.5, 0.6) is 11.5 Å². The van der Waals surface area contributed by atoms with Gasteiger partial charge in [0.2, 0.25) is 5.91 Å². The number of nitrogens with zero attached hydrogens (tertiary/aromatic N) is 2. The molecule has 1 fully saturated rings. The maximum absolute atomic E-state index is 12.9. The molecule has 4 rings (SSSR count). The zero-order valence-electron chi connectivity index (χ0n) is 17.6. The lowest BCUT2D eigenvalue weighted by Gasteiger charge is -2.31. The van der Waals surface area contributed by atoms with E-state index in [-0.39, 0.29) is 17.9 Å². The zero-order chi connectivity index (χ0) is 21.1. The highest BCUT2D eigenvalue weighted by atomic mass is 16.5. The molecular weight excluding hydrogens is 382 g/mol. The fourth-order valence-corrected chi connectivity index (χ4v) is 3.92. The van der Waals surface area contributed by atoms with Crippen molar-refractivity contribution in [2.24, 2.45) is 5.92 Å². The average molecular weight is 409 g/mol. The average Bonchev–Trinajstić information content (AvgIpc) is 3.23. The Kier molecular flexibility index (Phi) is 5.79. The van der Waals surface area contributed by atoms with E-state index in [9.17, 15) is 4.79 Å². The molecule has 0 saturated carbocycles. The van der Waals surface area contributed by atoms with Gasteiger partial charge < -0.3 is 24.1 Å². The second kappa shape index (κ2) is 8.65. The van der Waals surface area contributed by atoms with E-state index in [1.54, 1.807) is 14.2 Å². The SMILES string of the molecule is COc1ccc(OC)c(C(C)NC(=O)C2CCN(c3nc4ccccc4o3)CC2)c1. The van der Waals surface area contributed by atoms with E-state index in [4.69, 9.17) is 13.9 Å². The molecule has 3 aromatic rings. The first-order valence-corrected chi connectivity index (χ1v) is 10.2. The van der Waals surface area contributed by atoms with Crippen molar-refractivity contribution in [2.45, 2.75) is 25.8 Å². The highest BCUT2D eigenvalue weighted by Gasteiger charge is 2.28. The Labute approximate surface area is 176 Å². The molecule has 7 nitrogen and oxygen atoms in total. The van der Waals surface area contributed by atoms with Crippen molar-refractivity contribution in [1.82, 2.24) is 10.3 Å². The van der Waals surface area contributed by atoms with Gasteiger partial charge >= 0.3 is 0 Å². The monoisotopic (exact) mass is 409 g/mol. The third-order valence-corrected chi connectivity index (χ3v) is 5.68. The normalized spacial score (nSPS) is 15.8. The fourth-order valence-electron chi connectivity index (χ4n) is 3.92. The van der Waals surface area contributed by atoms with Gasteiger partial charge in [0.25, 0.3) is 6.01 Å². The van der Waals surface area contributed by atoms with Crippen LogP contribution in [0.1, 0.15) is 31.4 Å². The number of aromatic nitrogens is 1. The number of carbonyl (C=O) groups is 1. The molecule has 1 aliphatic rings. The Morgan fingerprint density at radius 1 is 1.17 bits per heavy atom. The lowest BCUT2D eigenvalue weighted by atomic mass is 9.95. The summed E-state index contributed by atoms with van der Waals surface area (Å²) in [5, 5.41) is 3.14. The number of carbonyl (C=O) groups excluding carboxylic acids is 1. The molecule has 0 aliphatic carbocycles. The van der Waals surface area contributed by atoms with Crippen LogP contribution in [0.2, 0.25) is 0 Å². The molecule has 1 unspecified atom stereocenters. The van der Waals surface area contributed by atoms with Crippen molar-refractivity contribution in [3.8, 4) is 11.5 Å². The van der Waals surface area contributed by atoms with Gasteiger partial charge in [-0.15, -0.1) is 0 Å². The zero-order valence-corrected chi connectivity index (χ0v) is 17.6. The summed E-state index contributed by atoms with van der Waals surface area (Å²) < 4.78 is 16.6. The van der Waals surface area contributed by atoms with Gasteiger partial charge in [-0.3, -0.25) is 4.79 Å². The number of oxazole rings is 1. The number of methoxy groups -OCH3 is 2. The van der Waals surface area contributed by atoms with E-state index >= 15 is 0 Å². The second-order valence-corrected chi connectivity index (χ2v) is 7.56. The van der Waals surface area contributed by atoms with Crippen LogP contribution in [0.15, 0.2) is 46.9 Å². The first-order chi connectivity index (χ1) is 14.6. The number of hydrogen-bond donors (Lipinski definition) is 1. The van der Waals surface area contributed by atoms with E-state index in [1.807, 2.05) is 49.4 Å². The van der Waals surface area contributed by atoms with Gasteiger partial charge in [0, 0.05) is 24.6 Å². The predicted molar refractivity (Wildman–Crippen MR) is 115 cm³/mol. The van der Waals surface area contributed by atoms with Gasteiger partial charge in [-0.2, -0.15) is 4.98 Å². The van der Waals surface area contributed by atoms with Crippen molar-refractivity contribution < 1.29 is 18.7 Å². The molecule has 0 bridgehead atoms. The van der Waals surface area contributed by atoms with Crippen molar-refractivity contribution in [3.05, 3.63) is 48.0 Å². The number of hydrogen-bond acceptors (Lipinski definition) is 6. The van der Waals surface area contributed by atoms with Gasteiger partial charge in [-0.05, 0) is 50.1 Å². The molecule has 0 radical (unpaired) electrons. The highest BCUT2D eigenvalue weighted by molar-refractivity contribution is 5.79. The van der Waals surface area contributed by atoms with Crippen molar-refractivity contribution in [3.63, 3.8) is 0 Å². The van der Waals surface area contributed by atoms with Gasteiger partial charge in [-0.25, -0.2) is 0 Å². The third kappa shape index (κ3) is 4.06. The number of para-hydroxylation sites is 2. The van der Waals surface area contributed by atoms with Crippen LogP contribution in [0.25, 0.3) is 11.1 Å². The van der Waals surface area contributed by atoms with E-state index in [0.29, 0.717) is 6.01 Å².